The average molecular weight is 272 g/mol. The second-order valence-corrected chi connectivity index (χ2v) is 4.17. The van der Waals surface area contributed by atoms with E-state index in [1.54, 1.807) is 18.2 Å². The van der Waals surface area contributed by atoms with Crippen molar-refractivity contribution < 1.29 is 9.66 Å². The van der Waals surface area contributed by atoms with Crippen molar-refractivity contribution in [1.82, 2.24) is 0 Å². The van der Waals surface area contributed by atoms with Gasteiger partial charge in [0, 0.05) is 18.2 Å². The average Bonchev–Trinajstić information content (AvgIpc) is 2.47. The van der Waals surface area contributed by atoms with Gasteiger partial charge in [-0.1, -0.05) is 30.3 Å². The molecule has 0 atom stereocenters. The third-order valence-corrected chi connectivity index (χ3v) is 2.84. The fourth-order valence-corrected chi connectivity index (χ4v) is 1.92. The van der Waals surface area contributed by atoms with Crippen LogP contribution >= 0.6 is 0 Å². The zero-order valence-electron chi connectivity index (χ0n) is 11.2. The van der Waals surface area contributed by atoms with Gasteiger partial charge >= 0.3 is 0 Å². The van der Waals surface area contributed by atoms with Gasteiger partial charge in [-0.2, -0.15) is 0 Å². The molecular weight excluding hydrogens is 256 g/mol. The van der Waals surface area contributed by atoms with E-state index in [0.29, 0.717) is 18.7 Å². The van der Waals surface area contributed by atoms with Crippen LogP contribution in [0.4, 0.5) is 11.4 Å². The van der Waals surface area contributed by atoms with Gasteiger partial charge in [-0.3, -0.25) is 10.1 Å². The summed E-state index contributed by atoms with van der Waals surface area (Å²) in [6, 6.07) is 14.2. The Kier molecular flexibility index (Phi) is 4.55. The molecule has 0 unspecified atom stereocenters. The van der Waals surface area contributed by atoms with Crippen molar-refractivity contribution in [3.8, 4) is 5.75 Å². The SMILES string of the molecule is CCOc1ccccc1NCc1ccccc1[N+](=O)[O-]. The maximum absolute atomic E-state index is 11.0. The van der Waals surface area contributed by atoms with Crippen LogP contribution in [0.25, 0.3) is 0 Å². The molecule has 20 heavy (non-hydrogen) atoms. The molecule has 5 nitrogen and oxygen atoms in total. The molecule has 0 radical (unpaired) electrons. The molecule has 0 saturated heterocycles. The van der Waals surface area contributed by atoms with Gasteiger partial charge in [-0.15, -0.1) is 0 Å². The first-order valence-corrected chi connectivity index (χ1v) is 6.40. The Morgan fingerprint density at radius 2 is 1.85 bits per heavy atom. The summed E-state index contributed by atoms with van der Waals surface area (Å²) in [6.45, 7) is 2.87. The number of anilines is 1. The summed E-state index contributed by atoms with van der Waals surface area (Å²) in [4.78, 5) is 10.6. The molecule has 0 aliphatic rings. The number of rotatable bonds is 6. The van der Waals surface area contributed by atoms with Crippen LogP contribution < -0.4 is 10.1 Å². The first kappa shape index (κ1) is 13.9. The van der Waals surface area contributed by atoms with Crippen LogP contribution in [0, 0.1) is 10.1 Å². The summed E-state index contributed by atoms with van der Waals surface area (Å²) in [5.41, 5.74) is 1.59. The summed E-state index contributed by atoms with van der Waals surface area (Å²) in [5, 5.41) is 14.1. The quantitative estimate of drug-likeness (QED) is 0.644. The van der Waals surface area contributed by atoms with Gasteiger partial charge in [0.2, 0.25) is 0 Å². The van der Waals surface area contributed by atoms with Crippen LogP contribution in [-0.2, 0) is 6.54 Å². The number of nitro benzene ring substituents is 1. The van der Waals surface area contributed by atoms with E-state index < -0.39 is 0 Å². The topological polar surface area (TPSA) is 64.4 Å². The van der Waals surface area contributed by atoms with E-state index in [-0.39, 0.29) is 10.6 Å². The highest BCUT2D eigenvalue weighted by Gasteiger charge is 2.12. The van der Waals surface area contributed by atoms with Crippen LogP contribution in [0.1, 0.15) is 12.5 Å². The highest BCUT2D eigenvalue weighted by atomic mass is 16.6. The minimum Gasteiger partial charge on any atom is -0.492 e. The van der Waals surface area contributed by atoms with Crippen molar-refractivity contribution in [3.05, 3.63) is 64.2 Å². The molecule has 2 rings (SSSR count). The molecule has 1 N–H and O–H groups in total. The molecule has 0 aliphatic carbocycles. The number of nitrogens with zero attached hydrogens (tertiary/aromatic N) is 1. The molecule has 2 aromatic carbocycles. The van der Waals surface area contributed by atoms with E-state index in [1.165, 1.54) is 6.07 Å². The van der Waals surface area contributed by atoms with Gasteiger partial charge in [0.1, 0.15) is 5.75 Å². The van der Waals surface area contributed by atoms with Crippen molar-refractivity contribution in [1.29, 1.82) is 0 Å². The number of ether oxygens (including phenoxy) is 1. The number of benzene rings is 2. The summed E-state index contributed by atoms with van der Waals surface area (Å²) >= 11 is 0. The Labute approximate surface area is 117 Å². The van der Waals surface area contributed by atoms with Gasteiger partial charge in [0.25, 0.3) is 5.69 Å². The molecule has 0 spiro atoms. The van der Waals surface area contributed by atoms with Crippen molar-refractivity contribution in [2.45, 2.75) is 13.5 Å². The number of hydrogen-bond acceptors (Lipinski definition) is 4. The standard InChI is InChI=1S/C15H16N2O3/c1-2-20-15-10-6-4-8-13(15)16-11-12-7-3-5-9-14(12)17(18)19/h3-10,16H,2,11H2,1H3. The third-order valence-electron chi connectivity index (χ3n) is 2.84. The molecular formula is C15H16N2O3. The Bertz CT molecular complexity index is 599. The monoisotopic (exact) mass is 272 g/mol. The van der Waals surface area contributed by atoms with E-state index in [1.807, 2.05) is 31.2 Å². The molecule has 0 aliphatic heterocycles. The third kappa shape index (κ3) is 3.26. The molecule has 0 bridgehead atoms. The fourth-order valence-electron chi connectivity index (χ4n) is 1.92. The molecule has 2 aromatic rings. The van der Waals surface area contributed by atoms with Crippen LogP contribution in [0.2, 0.25) is 0 Å². The predicted molar refractivity (Wildman–Crippen MR) is 78.0 cm³/mol. The number of nitro groups is 1. The smallest absolute Gasteiger partial charge is 0.274 e. The lowest BCUT2D eigenvalue weighted by molar-refractivity contribution is -0.385. The first-order chi connectivity index (χ1) is 9.72. The summed E-state index contributed by atoms with van der Waals surface area (Å²) in [5.74, 6) is 0.744. The maximum atomic E-state index is 11.0. The molecule has 5 heteroatoms. The summed E-state index contributed by atoms with van der Waals surface area (Å²) < 4.78 is 5.51. The van der Waals surface area contributed by atoms with Crippen LogP contribution in [0.5, 0.6) is 5.75 Å². The Balaban J connectivity index is 2.15. The van der Waals surface area contributed by atoms with Crippen LogP contribution in [0.3, 0.4) is 0 Å². The van der Waals surface area contributed by atoms with E-state index in [2.05, 4.69) is 5.32 Å². The van der Waals surface area contributed by atoms with Gasteiger partial charge < -0.3 is 10.1 Å². The largest absolute Gasteiger partial charge is 0.492 e. The lowest BCUT2D eigenvalue weighted by Gasteiger charge is -2.12. The van der Waals surface area contributed by atoms with E-state index >= 15 is 0 Å². The highest BCUT2D eigenvalue weighted by Crippen LogP contribution is 2.25. The van der Waals surface area contributed by atoms with Gasteiger partial charge in [-0.05, 0) is 19.1 Å². The maximum Gasteiger partial charge on any atom is 0.274 e. The number of hydrogen-bond donors (Lipinski definition) is 1. The highest BCUT2D eigenvalue weighted by molar-refractivity contribution is 5.57. The van der Waals surface area contributed by atoms with Crippen LogP contribution in [0.15, 0.2) is 48.5 Å². The van der Waals surface area contributed by atoms with Crippen molar-refractivity contribution in [2.75, 3.05) is 11.9 Å². The zero-order valence-corrected chi connectivity index (χ0v) is 11.2. The second kappa shape index (κ2) is 6.56. The summed E-state index contributed by atoms with van der Waals surface area (Å²) in [6.07, 6.45) is 0. The van der Waals surface area contributed by atoms with Crippen LogP contribution in [-0.4, -0.2) is 11.5 Å². The van der Waals surface area contributed by atoms with Crippen molar-refractivity contribution in [2.24, 2.45) is 0 Å². The van der Waals surface area contributed by atoms with E-state index in [0.717, 1.165) is 11.4 Å². The van der Waals surface area contributed by atoms with Gasteiger partial charge in [0.15, 0.2) is 0 Å². The molecule has 0 heterocycles. The van der Waals surface area contributed by atoms with E-state index in [4.69, 9.17) is 4.74 Å². The van der Waals surface area contributed by atoms with E-state index in [9.17, 15) is 10.1 Å². The molecule has 0 saturated carbocycles. The van der Waals surface area contributed by atoms with Crippen molar-refractivity contribution >= 4 is 11.4 Å². The Morgan fingerprint density at radius 1 is 1.15 bits per heavy atom. The Morgan fingerprint density at radius 3 is 2.60 bits per heavy atom. The van der Waals surface area contributed by atoms with Gasteiger partial charge in [0.05, 0.1) is 17.2 Å². The molecule has 0 aromatic heterocycles. The first-order valence-electron chi connectivity index (χ1n) is 6.40. The predicted octanol–water partition coefficient (Wildman–Crippen LogP) is 3.61. The minimum atomic E-state index is -0.370. The minimum absolute atomic E-state index is 0.119. The normalized spacial score (nSPS) is 10.1. The second-order valence-electron chi connectivity index (χ2n) is 4.17. The Hall–Kier alpha value is -2.56. The zero-order chi connectivity index (χ0) is 14.4. The molecule has 0 amide bonds. The number of nitrogens with one attached hydrogen (secondary N) is 1. The summed E-state index contributed by atoms with van der Waals surface area (Å²) in [7, 11) is 0. The fraction of sp³-hybridized carbons (Fsp3) is 0.200. The molecule has 104 valence electrons. The van der Waals surface area contributed by atoms with Gasteiger partial charge in [-0.25, -0.2) is 0 Å². The molecule has 0 fully saturated rings. The lowest BCUT2D eigenvalue weighted by Crippen LogP contribution is -2.04. The van der Waals surface area contributed by atoms with Crippen molar-refractivity contribution in [3.63, 3.8) is 0 Å². The number of para-hydroxylation sites is 3. The lowest BCUT2D eigenvalue weighted by atomic mass is 10.1.